The second kappa shape index (κ2) is 10.6. The third-order valence-corrected chi connectivity index (χ3v) is 10.6. The van der Waals surface area contributed by atoms with E-state index in [1.807, 2.05) is 32.0 Å². The van der Waals surface area contributed by atoms with Crippen LogP contribution in [-0.4, -0.2) is 40.8 Å². The molecule has 2 unspecified atom stereocenters. The molecule has 0 radical (unpaired) electrons. The highest BCUT2D eigenvalue weighted by molar-refractivity contribution is 5.97. The number of nitrogens with zero attached hydrogens (tertiary/aromatic N) is 2. The topological polar surface area (TPSA) is 141 Å². The third-order valence-electron chi connectivity index (χ3n) is 10.6. The number of benzene rings is 3. The Balaban J connectivity index is 1.28. The molecule has 0 fully saturated rings. The van der Waals surface area contributed by atoms with Crippen LogP contribution in [-0.2, 0) is 27.8 Å². The number of hydrogen-bond donors (Lipinski definition) is 3. The molecule has 4 atom stereocenters. The van der Waals surface area contributed by atoms with E-state index in [2.05, 4.69) is 64.3 Å². The summed E-state index contributed by atoms with van der Waals surface area (Å²) < 4.78 is 25.5. The average molecular weight is 678 g/mol. The lowest BCUT2D eigenvalue weighted by Gasteiger charge is -2.28. The fourth-order valence-corrected chi connectivity index (χ4v) is 8.40. The van der Waals surface area contributed by atoms with Crippen molar-refractivity contribution < 1.29 is 27.9 Å². The van der Waals surface area contributed by atoms with Gasteiger partial charge in [0.25, 0.3) is 0 Å². The van der Waals surface area contributed by atoms with Crippen LogP contribution in [0.2, 0.25) is 0 Å². The van der Waals surface area contributed by atoms with Crippen LogP contribution in [0.5, 0.6) is 5.75 Å². The molecule has 3 aromatic carbocycles. The zero-order chi connectivity index (χ0) is 34.6. The maximum atomic E-state index is 14.0. The third kappa shape index (κ3) is 4.07. The summed E-state index contributed by atoms with van der Waals surface area (Å²) in [6, 6.07) is 16.8. The number of amides is 2. The van der Waals surface area contributed by atoms with Gasteiger partial charge in [0.05, 0.1) is 6.20 Å². The van der Waals surface area contributed by atoms with Crippen molar-refractivity contribution in [2.24, 2.45) is 5.92 Å². The summed E-state index contributed by atoms with van der Waals surface area (Å²) in [5.74, 6) is 4.05. The number of carbonyl (C=O) groups excluding carboxylic acids is 2. The van der Waals surface area contributed by atoms with E-state index in [0.29, 0.717) is 28.9 Å². The lowest BCUT2D eigenvalue weighted by atomic mass is 9.72. The van der Waals surface area contributed by atoms with Crippen molar-refractivity contribution in [3.05, 3.63) is 112 Å². The van der Waals surface area contributed by atoms with Crippen LogP contribution in [0, 0.1) is 18.3 Å². The lowest BCUT2D eigenvalue weighted by Crippen LogP contribution is -2.49. The van der Waals surface area contributed by atoms with Gasteiger partial charge in [0, 0.05) is 34.4 Å². The summed E-state index contributed by atoms with van der Waals surface area (Å²) in [6.45, 7) is 3.71. The predicted molar refractivity (Wildman–Crippen MR) is 186 cm³/mol. The summed E-state index contributed by atoms with van der Waals surface area (Å²) in [5, 5.41) is 9.60. The minimum atomic E-state index is -1.04. The number of aromatic nitrogens is 2. The molecule has 51 heavy (non-hydrogen) atoms. The van der Waals surface area contributed by atoms with E-state index in [-0.39, 0.29) is 24.8 Å². The number of para-hydroxylation sites is 1. The van der Waals surface area contributed by atoms with Crippen molar-refractivity contribution in [1.82, 2.24) is 20.6 Å². The van der Waals surface area contributed by atoms with Crippen molar-refractivity contribution in [2.75, 3.05) is 11.9 Å². The van der Waals surface area contributed by atoms with Crippen LogP contribution >= 0.6 is 0 Å². The number of alkyl carbamates (subject to hydrolysis) is 1. The molecular weight excluding hydrogens is 646 g/mol. The Kier molecular flexibility index (Phi) is 6.16. The quantitative estimate of drug-likeness (QED) is 0.200. The molecule has 0 saturated carbocycles. The van der Waals surface area contributed by atoms with Crippen molar-refractivity contribution in [1.29, 1.82) is 0 Å². The van der Waals surface area contributed by atoms with Crippen molar-refractivity contribution in [2.45, 2.75) is 50.4 Å². The molecule has 1 aliphatic carbocycles. The Labute approximate surface area is 292 Å². The molecule has 5 aromatic rings. The number of fused-ring (bicyclic) bond motifs is 7. The number of hydrogen-bond acceptors (Lipinski definition) is 9. The van der Waals surface area contributed by atoms with Crippen LogP contribution in [0.1, 0.15) is 65.1 Å². The first-order valence-electron chi connectivity index (χ1n) is 17.0. The minimum absolute atomic E-state index is 0.161. The Morgan fingerprint density at radius 2 is 1.98 bits per heavy atom. The van der Waals surface area contributed by atoms with E-state index >= 15 is 0 Å². The van der Waals surface area contributed by atoms with Crippen molar-refractivity contribution in [3.63, 3.8) is 0 Å². The van der Waals surface area contributed by atoms with Gasteiger partial charge in [-0.2, -0.15) is 0 Å². The van der Waals surface area contributed by atoms with Gasteiger partial charge in [-0.25, -0.2) is 14.8 Å². The molecule has 10 bridgehead atoms. The number of oxazole rings is 2. The minimum Gasteiger partial charge on any atom is -0.469 e. The molecule has 3 N–H and O–H groups in total. The van der Waals surface area contributed by atoms with Crippen LogP contribution in [0.25, 0.3) is 28.3 Å². The largest absolute Gasteiger partial charge is 0.469 e. The second-order valence-corrected chi connectivity index (χ2v) is 13.8. The predicted octanol–water partition coefficient (Wildman–Crippen LogP) is 5.87. The maximum Gasteiger partial charge on any atom is 0.408 e. The summed E-state index contributed by atoms with van der Waals surface area (Å²) in [5.41, 5.74) is 8.27. The van der Waals surface area contributed by atoms with Crippen LogP contribution < -0.4 is 20.7 Å². The first kappa shape index (κ1) is 29.6. The van der Waals surface area contributed by atoms with E-state index in [0.717, 1.165) is 51.1 Å². The Morgan fingerprint density at radius 3 is 2.84 bits per heavy atom. The van der Waals surface area contributed by atoms with Gasteiger partial charge >= 0.3 is 6.09 Å². The maximum absolute atomic E-state index is 14.0. The SMILES string of the molecule is C#CCOC(=O)NC1Cc2ccc3c(c2)C24c5cccc(c5N[C@H]2O3)-c2cccc3c2C(=CC3)c2cnc(o2)-c2nc(oc24)[C@H](C(C)C)NC1=O. The second-order valence-electron chi connectivity index (χ2n) is 13.8. The van der Waals surface area contributed by atoms with Gasteiger partial charge in [0.15, 0.2) is 30.0 Å². The normalized spacial score (nSPS) is 22.6. The van der Waals surface area contributed by atoms with Gasteiger partial charge < -0.3 is 34.3 Å². The van der Waals surface area contributed by atoms with Crippen LogP contribution in [0.15, 0.2) is 75.7 Å². The fourth-order valence-electron chi connectivity index (χ4n) is 8.40. The summed E-state index contributed by atoms with van der Waals surface area (Å²) in [4.78, 5) is 36.7. The number of carbonyl (C=O) groups is 2. The summed E-state index contributed by atoms with van der Waals surface area (Å²) in [7, 11) is 0. The number of rotatable bonds is 3. The Bertz CT molecular complexity index is 2420. The molecule has 5 aliphatic rings. The van der Waals surface area contributed by atoms with Gasteiger partial charge in [-0.05, 0) is 40.7 Å². The standard InChI is InChI=1S/C40H31N5O6/c1-4-15-48-39(47)42-27-17-20-11-14-28-26(16-20)40-25-10-6-9-23(32(25)45-38(40)50-28)22-8-5-7-21-12-13-24(30(21)22)29-18-41-36(49-29)33-34(40)51-37(44-33)31(19(2)3)43-35(27)46/h1,5-11,13-14,16,18-19,27,31,38,45H,12,15,17H2,2-3H3,(H,42,47)(H,43,46)/t27?,31-,38-,40?/m0/s1. The van der Waals surface area contributed by atoms with E-state index in [1.165, 1.54) is 5.56 Å². The number of ether oxygens (including phenoxy) is 2. The molecule has 4 aliphatic heterocycles. The highest BCUT2D eigenvalue weighted by Crippen LogP contribution is 2.61. The molecule has 252 valence electrons. The highest BCUT2D eigenvalue weighted by Gasteiger charge is 2.61. The number of allylic oxidation sites excluding steroid dienone is 1. The van der Waals surface area contributed by atoms with Gasteiger partial charge in [0.1, 0.15) is 23.2 Å². The Hall–Kier alpha value is -6.28. The van der Waals surface area contributed by atoms with Gasteiger partial charge in [0.2, 0.25) is 17.7 Å². The first-order chi connectivity index (χ1) is 24.8. The molecule has 0 saturated heterocycles. The molecule has 2 amide bonds. The average Bonchev–Trinajstić information content (AvgIpc) is 3.95. The first-order valence-corrected chi connectivity index (χ1v) is 17.0. The van der Waals surface area contributed by atoms with Crippen molar-refractivity contribution in [3.8, 4) is 40.8 Å². The lowest BCUT2D eigenvalue weighted by molar-refractivity contribution is -0.124. The summed E-state index contributed by atoms with van der Waals surface area (Å²) in [6.07, 6.45) is 8.77. The highest BCUT2D eigenvalue weighted by atomic mass is 16.5. The molecule has 10 rings (SSSR count). The van der Waals surface area contributed by atoms with E-state index in [1.54, 1.807) is 6.20 Å². The molecule has 11 nitrogen and oxygen atoms in total. The number of anilines is 1. The molecule has 1 spiro atoms. The number of terminal acetylenes is 1. The Morgan fingerprint density at radius 1 is 1.12 bits per heavy atom. The van der Waals surface area contributed by atoms with Gasteiger partial charge in [-0.1, -0.05) is 74.4 Å². The van der Waals surface area contributed by atoms with E-state index in [4.69, 9.17) is 34.7 Å². The zero-order valence-corrected chi connectivity index (χ0v) is 27.7. The molecular formula is C40H31N5O6. The van der Waals surface area contributed by atoms with Crippen LogP contribution in [0.3, 0.4) is 0 Å². The monoisotopic (exact) mass is 677 g/mol. The van der Waals surface area contributed by atoms with Crippen LogP contribution in [0.4, 0.5) is 10.5 Å². The smallest absolute Gasteiger partial charge is 0.408 e. The van der Waals surface area contributed by atoms with Gasteiger partial charge in [-0.15, -0.1) is 6.42 Å². The van der Waals surface area contributed by atoms with Gasteiger partial charge in [-0.3, -0.25) is 4.79 Å². The molecule has 6 heterocycles. The molecule has 2 aromatic heterocycles. The molecule has 11 heteroatoms. The van der Waals surface area contributed by atoms with E-state index in [9.17, 15) is 9.59 Å². The van der Waals surface area contributed by atoms with Crippen molar-refractivity contribution >= 4 is 23.3 Å². The fraction of sp³-hybridized carbons (Fsp3) is 0.250. The summed E-state index contributed by atoms with van der Waals surface area (Å²) >= 11 is 0. The van der Waals surface area contributed by atoms with E-state index < -0.39 is 35.7 Å². The number of nitrogens with one attached hydrogen (secondary N) is 3. The zero-order valence-electron chi connectivity index (χ0n) is 27.7.